The number of rotatable bonds is 6. The first kappa shape index (κ1) is 17.7. The first-order valence-corrected chi connectivity index (χ1v) is 8.83. The van der Waals surface area contributed by atoms with Gasteiger partial charge in [0.2, 0.25) is 5.89 Å². The Morgan fingerprint density at radius 3 is 2.25 bits per heavy atom. The molecular formula is C21H18N4O3. The zero-order valence-corrected chi connectivity index (χ0v) is 14.9. The average Bonchev–Trinajstić information content (AvgIpc) is 3.19. The fraction of sp³-hybridized carbons (Fsp3) is 0.0952. The maximum Gasteiger partial charge on any atom is 0.355 e. The number of oxazole rings is 1. The van der Waals surface area contributed by atoms with Crippen molar-refractivity contribution in [3.63, 3.8) is 0 Å². The second-order valence-electron chi connectivity index (χ2n) is 6.02. The highest BCUT2D eigenvalue weighted by atomic mass is 16.4. The normalized spacial score (nSPS) is 10.8. The molecule has 0 radical (unpaired) electrons. The summed E-state index contributed by atoms with van der Waals surface area (Å²) in [5.41, 5.74) is 1.13. The number of aromatic nitrogens is 3. The van der Waals surface area contributed by atoms with Crippen molar-refractivity contribution in [1.82, 2.24) is 14.5 Å². The van der Waals surface area contributed by atoms with Crippen molar-refractivity contribution < 1.29 is 9.52 Å². The molecule has 0 atom stereocenters. The summed E-state index contributed by atoms with van der Waals surface area (Å²) in [5, 5.41) is 11.8. The van der Waals surface area contributed by atoms with E-state index in [1.165, 1.54) is 4.57 Å². The van der Waals surface area contributed by atoms with Crippen molar-refractivity contribution in [3.8, 4) is 28.6 Å². The third-order valence-corrected chi connectivity index (χ3v) is 4.12. The standard InChI is InChI=1S/C21H18N4O3/c26-14-12-22-17-11-13-25(21(27)23-17)19-18(15-7-3-1-4-8-15)28-20(24-19)16-9-5-2-6-10-16/h1-11,13,26H,12,14H2,(H,22,23,27). The molecule has 4 aromatic rings. The van der Waals surface area contributed by atoms with Crippen LogP contribution in [0.1, 0.15) is 0 Å². The number of nitrogens with one attached hydrogen (secondary N) is 1. The topological polar surface area (TPSA) is 93.2 Å². The van der Waals surface area contributed by atoms with Crippen LogP contribution in [0.4, 0.5) is 5.82 Å². The van der Waals surface area contributed by atoms with Gasteiger partial charge in [0, 0.05) is 23.9 Å². The Hall–Kier alpha value is -3.71. The predicted molar refractivity (Wildman–Crippen MR) is 106 cm³/mol. The fourth-order valence-corrected chi connectivity index (χ4v) is 2.80. The second kappa shape index (κ2) is 7.89. The maximum atomic E-state index is 12.6. The molecule has 0 aliphatic rings. The van der Waals surface area contributed by atoms with Crippen LogP contribution in [0.2, 0.25) is 0 Å². The van der Waals surface area contributed by atoms with Gasteiger partial charge < -0.3 is 14.8 Å². The molecule has 2 heterocycles. The van der Waals surface area contributed by atoms with Crippen LogP contribution in [-0.2, 0) is 0 Å². The lowest BCUT2D eigenvalue weighted by molar-refractivity contribution is 0.311. The number of hydrogen-bond donors (Lipinski definition) is 2. The van der Waals surface area contributed by atoms with E-state index in [-0.39, 0.29) is 6.61 Å². The number of anilines is 1. The van der Waals surface area contributed by atoms with Crippen molar-refractivity contribution in [2.24, 2.45) is 0 Å². The zero-order valence-electron chi connectivity index (χ0n) is 14.9. The lowest BCUT2D eigenvalue weighted by Gasteiger charge is -2.06. The number of aliphatic hydroxyl groups is 1. The van der Waals surface area contributed by atoms with Crippen LogP contribution in [0.5, 0.6) is 0 Å². The summed E-state index contributed by atoms with van der Waals surface area (Å²) in [4.78, 5) is 21.2. The Morgan fingerprint density at radius 2 is 1.61 bits per heavy atom. The van der Waals surface area contributed by atoms with Gasteiger partial charge in [-0.25, -0.2) is 9.36 Å². The van der Waals surface area contributed by atoms with Gasteiger partial charge in [0.15, 0.2) is 11.6 Å². The average molecular weight is 374 g/mol. The second-order valence-corrected chi connectivity index (χ2v) is 6.02. The minimum absolute atomic E-state index is 0.0490. The molecule has 0 aliphatic heterocycles. The molecule has 7 nitrogen and oxygen atoms in total. The summed E-state index contributed by atoms with van der Waals surface area (Å²) in [6.07, 6.45) is 1.59. The van der Waals surface area contributed by atoms with Crippen molar-refractivity contribution in [1.29, 1.82) is 0 Å². The highest BCUT2D eigenvalue weighted by Gasteiger charge is 2.19. The zero-order chi connectivity index (χ0) is 19.3. The largest absolute Gasteiger partial charge is 0.434 e. The van der Waals surface area contributed by atoms with Gasteiger partial charge in [0.05, 0.1) is 6.61 Å². The molecule has 0 fully saturated rings. The summed E-state index contributed by atoms with van der Waals surface area (Å²) < 4.78 is 7.39. The van der Waals surface area contributed by atoms with Crippen molar-refractivity contribution in [2.45, 2.75) is 0 Å². The predicted octanol–water partition coefficient (Wildman–Crippen LogP) is 2.96. The Balaban J connectivity index is 1.84. The molecule has 0 aliphatic carbocycles. The molecule has 4 rings (SSSR count). The van der Waals surface area contributed by atoms with Crippen LogP contribution in [-0.4, -0.2) is 32.8 Å². The number of hydrogen-bond acceptors (Lipinski definition) is 6. The monoisotopic (exact) mass is 374 g/mol. The van der Waals surface area contributed by atoms with Crippen LogP contribution in [0.25, 0.3) is 28.6 Å². The molecule has 28 heavy (non-hydrogen) atoms. The van der Waals surface area contributed by atoms with Crippen LogP contribution in [0.3, 0.4) is 0 Å². The van der Waals surface area contributed by atoms with Gasteiger partial charge in [-0.1, -0.05) is 48.5 Å². The Kier molecular flexibility index (Phi) is 4.99. The third-order valence-electron chi connectivity index (χ3n) is 4.12. The smallest absolute Gasteiger partial charge is 0.355 e. The molecule has 0 saturated heterocycles. The summed E-state index contributed by atoms with van der Waals surface area (Å²) in [5.74, 6) is 1.67. The number of nitrogens with zero attached hydrogens (tertiary/aromatic N) is 3. The molecule has 2 N–H and O–H groups in total. The molecule has 140 valence electrons. The highest BCUT2D eigenvalue weighted by molar-refractivity contribution is 5.68. The maximum absolute atomic E-state index is 12.6. The van der Waals surface area contributed by atoms with Gasteiger partial charge in [0.1, 0.15) is 5.82 Å². The van der Waals surface area contributed by atoms with Crippen molar-refractivity contribution >= 4 is 5.82 Å². The summed E-state index contributed by atoms with van der Waals surface area (Å²) in [6.45, 7) is 0.264. The molecular weight excluding hydrogens is 356 g/mol. The van der Waals surface area contributed by atoms with E-state index in [0.717, 1.165) is 11.1 Å². The van der Waals surface area contributed by atoms with E-state index in [9.17, 15) is 4.79 Å². The van der Waals surface area contributed by atoms with Gasteiger partial charge in [-0.05, 0) is 18.2 Å². The van der Waals surface area contributed by atoms with E-state index >= 15 is 0 Å². The molecule has 0 amide bonds. The summed E-state index contributed by atoms with van der Waals surface area (Å²) >= 11 is 0. The van der Waals surface area contributed by atoms with Crippen LogP contribution in [0.15, 0.2) is 82.1 Å². The minimum Gasteiger partial charge on any atom is -0.434 e. The first-order valence-electron chi connectivity index (χ1n) is 8.83. The van der Waals surface area contributed by atoms with Crippen LogP contribution >= 0.6 is 0 Å². The van der Waals surface area contributed by atoms with E-state index in [4.69, 9.17) is 9.52 Å². The lowest BCUT2D eigenvalue weighted by atomic mass is 10.2. The number of benzene rings is 2. The molecule has 2 aromatic heterocycles. The Bertz CT molecular complexity index is 1120. The van der Waals surface area contributed by atoms with Gasteiger partial charge in [-0.3, -0.25) is 0 Å². The van der Waals surface area contributed by atoms with E-state index in [1.807, 2.05) is 60.7 Å². The Morgan fingerprint density at radius 1 is 0.929 bits per heavy atom. The summed E-state index contributed by atoms with van der Waals surface area (Å²) in [6, 6.07) is 20.7. The van der Waals surface area contributed by atoms with Gasteiger partial charge in [0.25, 0.3) is 0 Å². The van der Waals surface area contributed by atoms with Crippen LogP contribution < -0.4 is 11.0 Å². The van der Waals surface area contributed by atoms with E-state index in [2.05, 4.69) is 15.3 Å². The van der Waals surface area contributed by atoms with Gasteiger partial charge in [-0.2, -0.15) is 9.97 Å². The van der Waals surface area contributed by atoms with Crippen LogP contribution in [0, 0.1) is 0 Å². The van der Waals surface area contributed by atoms with E-state index in [0.29, 0.717) is 29.8 Å². The fourth-order valence-electron chi connectivity index (χ4n) is 2.80. The first-order chi connectivity index (χ1) is 13.8. The molecule has 0 spiro atoms. The molecule has 0 bridgehead atoms. The SMILES string of the molecule is O=c1nc(NCCO)ccn1-c1nc(-c2ccccc2)oc1-c1ccccc1. The van der Waals surface area contributed by atoms with Crippen molar-refractivity contribution in [2.75, 3.05) is 18.5 Å². The molecule has 0 unspecified atom stereocenters. The Labute approximate surface area is 161 Å². The van der Waals surface area contributed by atoms with Crippen molar-refractivity contribution in [3.05, 3.63) is 83.4 Å². The summed E-state index contributed by atoms with van der Waals surface area (Å²) in [7, 11) is 0. The van der Waals surface area contributed by atoms with E-state index in [1.54, 1.807) is 12.3 Å². The molecule has 7 heteroatoms. The van der Waals surface area contributed by atoms with E-state index < -0.39 is 5.69 Å². The highest BCUT2D eigenvalue weighted by Crippen LogP contribution is 2.31. The third kappa shape index (κ3) is 3.56. The molecule has 0 saturated carbocycles. The number of aliphatic hydroxyl groups excluding tert-OH is 1. The molecule has 2 aromatic carbocycles. The minimum atomic E-state index is -0.493. The quantitative estimate of drug-likeness (QED) is 0.539. The van der Waals surface area contributed by atoms with Gasteiger partial charge in [-0.15, -0.1) is 0 Å². The lowest BCUT2D eigenvalue weighted by Crippen LogP contribution is -2.23. The van der Waals surface area contributed by atoms with Gasteiger partial charge >= 0.3 is 5.69 Å².